The number of benzene rings is 2. The van der Waals surface area contributed by atoms with E-state index in [1.165, 1.54) is 0 Å². The van der Waals surface area contributed by atoms with E-state index in [-0.39, 0.29) is 24.0 Å². The summed E-state index contributed by atoms with van der Waals surface area (Å²) in [6.07, 6.45) is 2.64. The smallest absolute Gasteiger partial charge is 0.224 e. The van der Waals surface area contributed by atoms with Gasteiger partial charge in [0.05, 0.1) is 13.7 Å². The van der Waals surface area contributed by atoms with E-state index in [4.69, 9.17) is 14.2 Å². The molecule has 3 rings (SSSR count). The average Bonchev–Trinajstić information content (AvgIpc) is 2.84. The van der Waals surface area contributed by atoms with Crippen LogP contribution in [0.4, 0.5) is 0 Å². The van der Waals surface area contributed by atoms with Crippen molar-refractivity contribution in [1.29, 1.82) is 0 Å². The van der Waals surface area contributed by atoms with Crippen molar-refractivity contribution in [3.8, 4) is 23.1 Å². The van der Waals surface area contributed by atoms with Gasteiger partial charge in [0.25, 0.3) is 0 Å². The lowest BCUT2D eigenvalue weighted by Gasteiger charge is -2.16. The third-order valence-corrected chi connectivity index (χ3v) is 4.68. The van der Waals surface area contributed by atoms with Crippen LogP contribution in [0.15, 0.2) is 71.9 Å². The van der Waals surface area contributed by atoms with Crippen molar-refractivity contribution in [2.75, 3.05) is 20.8 Å². The number of nitrogens with zero attached hydrogens (tertiary/aromatic N) is 2. The van der Waals surface area contributed by atoms with Gasteiger partial charge in [0, 0.05) is 37.5 Å². The molecule has 0 bridgehead atoms. The lowest BCUT2D eigenvalue weighted by molar-refractivity contribution is 0.300. The summed E-state index contributed by atoms with van der Waals surface area (Å²) in [7, 11) is 3.40. The maximum Gasteiger partial charge on any atom is 0.224 e. The predicted octanol–water partition coefficient (Wildman–Crippen LogP) is 5.15. The highest BCUT2D eigenvalue weighted by atomic mass is 127. The van der Waals surface area contributed by atoms with Gasteiger partial charge in [-0.2, -0.15) is 0 Å². The quantitative estimate of drug-likeness (QED) is 0.202. The van der Waals surface area contributed by atoms with Crippen molar-refractivity contribution in [2.45, 2.75) is 26.4 Å². The Hall–Kier alpha value is -3.01. The summed E-state index contributed by atoms with van der Waals surface area (Å²) in [5.74, 6) is 3.36. The van der Waals surface area contributed by atoms with Crippen LogP contribution < -0.4 is 24.8 Å². The molecule has 0 aliphatic rings. The number of guanidine groups is 1. The van der Waals surface area contributed by atoms with Gasteiger partial charge in [0.1, 0.15) is 5.75 Å². The monoisotopic (exact) mass is 562 g/mol. The van der Waals surface area contributed by atoms with E-state index in [9.17, 15) is 0 Å². The minimum Gasteiger partial charge on any atom is -0.496 e. The highest BCUT2D eigenvalue weighted by molar-refractivity contribution is 14.0. The van der Waals surface area contributed by atoms with E-state index in [0.29, 0.717) is 43.0 Å². The first kappa shape index (κ1) is 26.2. The van der Waals surface area contributed by atoms with Crippen molar-refractivity contribution < 1.29 is 14.2 Å². The minimum atomic E-state index is 0. The number of aliphatic imine (C=N–C) groups is 1. The molecule has 0 spiro atoms. The summed E-state index contributed by atoms with van der Waals surface area (Å²) in [5.41, 5.74) is 1.95. The molecule has 0 saturated heterocycles. The Labute approximate surface area is 212 Å². The Balaban J connectivity index is 0.00000385. The summed E-state index contributed by atoms with van der Waals surface area (Å²) < 4.78 is 17.3. The lowest BCUT2D eigenvalue weighted by atomic mass is 10.2. The molecule has 176 valence electrons. The van der Waals surface area contributed by atoms with E-state index < -0.39 is 0 Å². The minimum absolute atomic E-state index is 0. The number of ether oxygens (including phenoxy) is 3. The number of pyridine rings is 1. The molecule has 3 aromatic rings. The molecular weight excluding hydrogens is 531 g/mol. The van der Waals surface area contributed by atoms with E-state index in [2.05, 4.69) is 27.5 Å². The number of hydrogen-bond donors (Lipinski definition) is 2. The first-order valence-electron chi connectivity index (χ1n) is 10.6. The maximum absolute atomic E-state index is 6.11. The molecule has 0 amide bonds. The van der Waals surface area contributed by atoms with Gasteiger partial charge < -0.3 is 24.8 Å². The van der Waals surface area contributed by atoms with Crippen LogP contribution in [0.25, 0.3) is 0 Å². The Kier molecular flexibility index (Phi) is 11.3. The van der Waals surface area contributed by atoms with Gasteiger partial charge in [-0.25, -0.2) is 4.98 Å². The van der Waals surface area contributed by atoms with Crippen molar-refractivity contribution in [3.05, 3.63) is 78.0 Å². The maximum atomic E-state index is 6.11. The Bertz CT molecular complexity index is 1030. The number of aromatic nitrogens is 1. The third kappa shape index (κ3) is 7.81. The second-order valence-corrected chi connectivity index (χ2v) is 6.96. The highest BCUT2D eigenvalue weighted by Crippen LogP contribution is 2.31. The summed E-state index contributed by atoms with van der Waals surface area (Å²) in [6, 6.07) is 19.4. The standard InChI is InChI=1S/C25H30N4O3.HI/c1-4-16-31-22-13-7-8-14-23(22)32-24-20(11-9-15-27-24)18-29-25(26-2)28-17-19-10-5-6-12-21(19)30-3;/h5-15H,4,16-18H2,1-3H3,(H2,26,28,29);1H. The molecule has 8 heteroatoms. The average molecular weight is 562 g/mol. The Morgan fingerprint density at radius 1 is 0.879 bits per heavy atom. The normalized spacial score (nSPS) is 10.7. The van der Waals surface area contributed by atoms with Crippen LogP contribution in [0.1, 0.15) is 24.5 Å². The summed E-state index contributed by atoms with van der Waals surface area (Å²) in [5, 5.41) is 6.63. The zero-order valence-corrected chi connectivity index (χ0v) is 21.5. The molecule has 2 aromatic carbocycles. The molecule has 0 atom stereocenters. The number of para-hydroxylation sites is 3. The second kappa shape index (κ2) is 14.2. The topological polar surface area (TPSA) is 77.0 Å². The second-order valence-electron chi connectivity index (χ2n) is 6.96. The van der Waals surface area contributed by atoms with Crippen LogP contribution in [-0.2, 0) is 13.1 Å². The molecule has 0 aliphatic heterocycles. The zero-order valence-electron chi connectivity index (χ0n) is 19.2. The lowest BCUT2D eigenvalue weighted by Crippen LogP contribution is -2.36. The highest BCUT2D eigenvalue weighted by Gasteiger charge is 2.11. The van der Waals surface area contributed by atoms with Crippen LogP contribution in [0.5, 0.6) is 23.1 Å². The molecule has 33 heavy (non-hydrogen) atoms. The van der Waals surface area contributed by atoms with Gasteiger partial charge in [-0.05, 0) is 30.7 Å². The van der Waals surface area contributed by atoms with Gasteiger partial charge in [0.2, 0.25) is 5.88 Å². The van der Waals surface area contributed by atoms with Crippen LogP contribution in [0.2, 0.25) is 0 Å². The zero-order chi connectivity index (χ0) is 22.6. The molecule has 2 N–H and O–H groups in total. The van der Waals surface area contributed by atoms with Crippen LogP contribution in [0, 0.1) is 0 Å². The van der Waals surface area contributed by atoms with Crippen LogP contribution in [0.3, 0.4) is 0 Å². The first-order valence-corrected chi connectivity index (χ1v) is 10.6. The first-order chi connectivity index (χ1) is 15.7. The fourth-order valence-corrected chi connectivity index (χ4v) is 3.05. The third-order valence-electron chi connectivity index (χ3n) is 4.68. The fraction of sp³-hybridized carbons (Fsp3) is 0.280. The van der Waals surface area contributed by atoms with E-state index in [0.717, 1.165) is 23.3 Å². The van der Waals surface area contributed by atoms with Crippen molar-refractivity contribution in [3.63, 3.8) is 0 Å². The van der Waals surface area contributed by atoms with Crippen molar-refractivity contribution in [1.82, 2.24) is 15.6 Å². The summed E-state index contributed by atoms with van der Waals surface area (Å²) in [6.45, 7) is 3.78. The Morgan fingerprint density at radius 2 is 1.52 bits per heavy atom. The molecule has 0 fully saturated rings. The molecule has 1 heterocycles. The largest absolute Gasteiger partial charge is 0.496 e. The van der Waals surface area contributed by atoms with Gasteiger partial charge in [-0.1, -0.05) is 43.3 Å². The van der Waals surface area contributed by atoms with E-state index in [1.807, 2.05) is 60.7 Å². The van der Waals surface area contributed by atoms with Crippen molar-refractivity contribution in [2.24, 2.45) is 4.99 Å². The van der Waals surface area contributed by atoms with Crippen LogP contribution in [-0.4, -0.2) is 31.7 Å². The van der Waals surface area contributed by atoms with Gasteiger partial charge in [-0.3, -0.25) is 4.99 Å². The summed E-state index contributed by atoms with van der Waals surface area (Å²) >= 11 is 0. The number of halogens is 1. The van der Waals surface area contributed by atoms with Gasteiger partial charge in [-0.15, -0.1) is 24.0 Å². The molecule has 0 unspecified atom stereocenters. The predicted molar refractivity (Wildman–Crippen MR) is 142 cm³/mol. The van der Waals surface area contributed by atoms with E-state index >= 15 is 0 Å². The number of nitrogens with one attached hydrogen (secondary N) is 2. The fourth-order valence-electron chi connectivity index (χ4n) is 3.05. The van der Waals surface area contributed by atoms with Gasteiger partial charge in [0.15, 0.2) is 17.5 Å². The molecule has 0 radical (unpaired) electrons. The summed E-state index contributed by atoms with van der Waals surface area (Å²) in [4.78, 5) is 8.73. The number of hydrogen-bond acceptors (Lipinski definition) is 5. The molecule has 0 saturated carbocycles. The van der Waals surface area contributed by atoms with Crippen molar-refractivity contribution >= 4 is 29.9 Å². The number of methoxy groups -OCH3 is 1. The molecule has 7 nitrogen and oxygen atoms in total. The molecule has 1 aromatic heterocycles. The molecular formula is C25H31IN4O3. The van der Waals surface area contributed by atoms with Gasteiger partial charge >= 0.3 is 0 Å². The Morgan fingerprint density at radius 3 is 2.21 bits per heavy atom. The molecule has 0 aliphatic carbocycles. The van der Waals surface area contributed by atoms with Crippen LogP contribution >= 0.6 is 24.0 Å². The SMILES string of the molecule is CCCOc1ccccc1Oc1ncccc1CNC(=NC)NCc1ccccc1OC.I. The number of rotatable bonds is 10. The van der Waals surface area contributed by atoms with E-state index in [1.54, 1.807) is 20.4 Å².